The van der Waals surface area contributed by atoms with Crippen LogP contribution in [-0.4, -0.2) is 78.5 Å². The van der Waals surface area contributed by atoms with Crippen LogP contribution < -0.4 is 24.3 Å². The van der Waals surface area contributed by atoms with Crippen molar-refractivity contribution in [1.29, 1.82) is 0 Å². The zero-order valence-corrected chi connectivity index (χ0v) is 22.6. The van der Waals surface area contributed by atoms with Gasteiger partial charge in [0.25, 0.3) is 0 Å². The summed E-state index contributed by atoms with van der Waals surface area (Å²) in [7, 11) is 1.44. The highest BCUT2D eigenvalue weighted by atomic mass is 16.7. The minimum atomic E-state index is -1.24. The number of rotatable bonds is 11. The zero-order chi connectivity index (χ0) is 29.1. The largest absolute Gasteiger partial charge is 0.493 e. The number of nitrogens with one attached hydrogen (secondary N) is 1. The average molecular weight is 565 g/mol. The lowest BCUT2D eigenvalue weighted by molar-refractivity contribution is -0.138. The van der Waals surface area contributed by atoms with E-state index in [4.69, 9.17) is 18.9 Å². The SMILES string of the molecule is C=CCCC(=O)N(Cc1ccc2c(c1)OCO2)[C@@H]1C=C(C(=O)NCCO)[C@@H]2c3cc(C=O)cc(OC)c3O[C@@H]2[C@H]1O. The van der Waals surface area contributed by atoms with Crippen molar-refractivity contribution in [1.82, 2.24) is 10.2 Å². The van der Waals surface area contributed by atoms with Gasteiger partial charge in [0.2, 0.25) is 18.6 Å². The Balaban J connectivity index is 1.58. The number of ether oxygens (including phenoxy) is 4. The molecule has 11 nitrogen and oxygen atoms in total. The lowest BCUT2D eigenvalue weighted by atomic mass is 9.77. The Labute approximate surface area is 236 Å². The molecule has 0 saturated heterocycles. The van der Waals surface area contributed by atoms with Crippen LogP contribution in [0.4, 0.5) is 0 Å². The number of aliphatic hydroxyl groups is 2. The molecule has 2 aromatic carbocycles. The third kappa shape index (κ3) is 5.38. The third-order valence-corrected chi connectivity index (χ3v) is 7.44. The van der Waals surface area contributed by atoms with Crippen molar-refractivity contribution >= 4 is 18.1 Å². The predicted molar refractivity (Wildman–Crippen MR) is 146 cm³/mol. The number of nitrogens with zero attached hydrogens (tertiary/aromatic N) is 1. The molecule has 0 saturated carbocycles. The maximum atomic E-state index is 13.6. The van der Waals surface area contributed by atoms with Crippen molar-refractivity contribution in [3.05, 3.63) is 71.3 Å². The molecule has 0 fully saturated rings. The smallest absolute Gasteiger partial charge is 0.247 e. The van der Waals surface area contributed by atoms with E-state index >= 15 is 0 Å². The quantitative estimate of drug-likeness (QED) is 0.275. The van der Waals surface area contributed by atoms with Crippen LogP contribution >= 0.6 is 0 Å². The van der Waals surface area contributed by atoms with Crippen LogP contribution in [0.5, 0.6) is 23.0 Å². The van der Waals surface area contributed by atoms with Crippen LogP contribution in [0.2, 0.25) is 0 Å². The molecule has 3 aliphatic rings. The van der Waals surface area contributed by atoms with Crippen molar-refractivity contribution in [2.24, 2.45) is 0 Å². The minimum absolute atomic E-state index is 0.00533. The molecule has 4 atom stereocenters. The number of fused-ring (bicyclic) bond motifs is 4. The number of aldehydes is 1. The number of benzene rings is 2. The molecule has 3 N–H and O–H groups in total. The van der Waals surface area contributed by atoms with Crippen LogP contribution in [0.1, 0.15) is 40.2 Å². The van der Waals surface area contributed by atoms with E-state index in [1.165, 1.54) is 18.1 Å². The molecule has 0 bridgehead atoms. The van der Waals surface area contributed by atoms with Crippen LogP contribution in [0.15, 0.2) is 54.6 Å². The molecule has 5 rings (SSSR count). The van der Waals surface area contributed by atoms with Crippen LogP contribution in [-0.2, 0) is 16.1 Å². The van der Waals surface area contributed by atoms with E-state index in [-0.39, 0.29) is 50.1 Å². The molecule has 2 heterocycles. The lowest BCUT2D eigenvalue weighted by Crippen LogP contribution is -2.55. The summed E-state index contributed by atoms with van der Waals surface area (Å²) in [5.41, 5.74) is 1.82. The number of hydrogen-bond donors (Lipinski definition) is 3. The number of hydrogen-bond acceptors (Lipinski definition) is 9. The highest BCUT2D eigenvalue weighted by molar-refractivity contribution is 5.96. The number of carbonyl (C=O) groups excluding carboxylic acids is 3. The highest BCUT2D eigenvalue weighted by Gasteiger charge is 2.51. The van der Waals surface area contributed by atoms with E-state index < -0.39 is 30.1 Å². The van der Waals surface area contributed by atoms with Gasteiger partial charge in [0.1, 0.15) is 18.5 Å². The van der Waals surface area contributed by atoms with Gasteiger partial charge < -0.3 is 39.4 Å². The molecule has 41 heavy (non-hydrogen) atoms. The Kier molecular flexibility index (Phi) is 8.27. The van der Waals surface area contributed by atoms with Gasteiger partial charge in [-0.1, -0.05) is 12.1 Å². The van der Waals surface area contributed by atoms with Gasteiger partial charge in [-0.2, -0.15) is 0 Å². The fourth-order valence-corrected chi connectivity index (χ4v) is 5.52. The second kappa shape index (κ2) is 12.0. The van der Waals surface area contributed by atoms with Crippen molar-refractivity contribution in [3.8, 4) is 23.0 Å². The molecule has 216 valence electrons. The fourth-order valence-electron chi connectivity index (χ4n) is 5.52. The fraction of sp³-hybridized carbons (Fsp3) is 0.367. The number of methoxy groups -OCH3 is 1. The molecular weight excluding hydrogens is 532 g/mol. The average Bonchev–Trinajstić information content (AvgIpc) is 3.62. The monoisotopic (exact) mass is 564 g/mol. The predicted octanol–water partition coefficient (Wildman–Crippen LogP) is 1.85. The summed E-state index contributed by atoms with van der Waals surface area (Å²) in [6.45, 7) is 3.66. The van der Waals surface area contributed by atoms with E-state index in [0.717, 1.165) is 5.56 Å². The van der Waals surface area contributed by atoms with Crippen molar-refractivity contribution in [2.45, 2.75) is 43.6 Å². The Hall–Kier alpha value is -4.35. The molecule has 2 amide bonds. The molecule has 0 unspecified atom stereocenters. The van der Waals surface area contributed by atoms with E-state index in [1.54, 1.807) is 30.4 Å². The summed E-state index contributed by atoms with van der Waals surface area (Å²) in [5.74, 6) is 0.262. The van der Waals surface area contributed by atoms with E-state index in [1.807, 2.05) is 6.07 Å². The van der Waals surface area contributed by atoms with E-state index in [9.17, 15) is 24.6 Å². The third-order valence-electron chi connectivity index (χ3n) is 7.44. The molecule has 2 aliphatic heterocycles. The lowest BCUT2D eigenvalue weighted by Gasteiger charge is -2.40. The van der Waals surface area contributed by atoms with Gasteiger partial charge in [-0.05, 0) is 42.3 Å². The Morgan fingerprint density at radius 2 is 2.02 bits per heavy atom. The molecule has 0 spiro atoms. The summed E-state index contributed by atoms with van der Waals surface area (Å²) in [4.78, 5) is 40.2. The van der Waals surface area contributed by atoms with Gasteiger partial charge >= 0.3 is 0 Å². The first-order chi connectivity index (χ1) is 19.9. The molecule has 1 aliphatic carbocycles. The van der Waals surface area contributed by atoms with Crippen molar-refractivity contribution < 1.29 is 43.5 Å². The van der Waals surface area contributed by atoms with Gasteiger partial charge in [0.05, 0.1) is 25.7 Å². The second-order valence-corrected chi connectivity index (χ2v) is 9.94. The molecular formula is C30H32N2O9. The topological polar surface area (TPSA) is 144 Å². The van der Waals surface area contributed by atoms with Gasteiger partial charge in [0, 0.05) is 36.2 Å². The van der Waals surface area contributed by atoms with Gasteiger partial charge in [-0.25, -0.2) is 0 Å². The molecule has 11 heteroatoms. The number of allylic oxidation sites excluding steroid dienone is 1. The first-order valence-electron chi connectivity index (χ1n) is 13.3. The number of aliphatic hydroxyl groups excluding tert-OH is 2. The summed E-state index contributed by atoms with van der Waals surface area (Å²) in [6.07, 6.45) is 2.25. The Morgan fingerprint density at radius 3 is 2.76 bits per heavy atom. The van der Waals surface area contributed by atoms with E-state index in [0.29, 0.717) is 41.1 Å². The van der Waals surface area contributed by atoms with Gasteiger partial charge in [-0.15, -0.1) is 6.58 Å². The normalized spacial score (nSPS) is 21.6. The number of amides is 2. The van der Waals surface area contributed by atoms with Crippen LogP contribution in [0.25, 0.3) is 0 Å². The molecule has 0 radical (unpaired) electrons. The van der Waals surface area contributed by atoms with Crippen molar-refractivity contribution in [2.75, 3.05) is 27.1 Å². The minimum Gasteiger partial charge on any atom is -0.493 e. The standard InChI is InChI=1S/C30H32N2O9/c1-3-4-5-25(35)32(14-17-6-7-22-23(11-17)40-16-39-22)21-13-20(30(37)31-8-9-33)26-19-10-18(15-34)12-24(38-2)28(19)41-29(26)27(21)36/h3,6-7,10-13,15,21,26-27,29,33,36H,1,4-5,8-9,14,16H2,2H3,(H,31,37)/t21-,26+,27+,29+/m1/s1. The van der Waals surface area contributed by atoms with Gasteiger partial charge in [0.15, 0.2) is 23.0 Å². The summed E-state index contributed by atoms with van der Waals surface area (Å²) in [6, 6.07) is 7.53. The van der Waals surface area contributed by atoms with Crippen molar-refractivity contribution in [3.63, 3.8) is 0 Å². The Bertz CT molecular complexity index is 1390. The second-order valence-electron chi connectivity index (χ2n) is 9.94. The maximum Gasteiger partial charge on any atom is 0.247 e. The molecule has 0 aromatic heterocycles. The Morgan fingerprint density at radius 1 is 1.22 bits per heavy atom. The van der Waals surface area contributed by atoms with Crippen LogP contribution in [0, 0.1) is 0 Å². The summed E-state index contributed by atoms with van der Waals surface area (Å²) in [5, 5.41) is 23.7. The maximum absolute atomic E-state index is 13.6. The first-order valence-corrected chi connectivity index (χ1v) is 13.3. The zero-order valence-electron chi connectivity index (χ0n) is 22.6. The first kappa shape index (κ1) is 28.2. The number of carbonyl (C=O) groups is 3. The van der Waals surface area contributed by atoms with Gasteiger partial charge in [-0.3, -0.25) is 14.4 Å². The molecule has 2 aromatic rings. The van der Waals surface area contributed by atoms with E-state index in [2.05, 4.69) is 11.9 Å². The summed E-state index contributed by atoms with van der Waals surface area (Å²) >= 11 is 0. The van der Waals surface area contributed by atoms with Crippen LogP contribution in [0.3, 0.4) is 0 Å². The summed E-state index contributed by atoms with van der Waals surface area (Å²) < 4.78 is 22.6. The highest BCUT2D eigenvalue weighted by Crippen LogP contribution is 2.51.